The van der Waals surface area contributed by atoms with Gasteiger partial charge in [0.1, 0.15) is 17.3 Å². The molecule has 0 radical (unpaired) electrons. The molecule has 4 aromatic rings. The van der Waals surface area contributed by atoms with Crippen molar-refractivity contribution in [2.45, 2.75) is 6.54 Å². The molecule has 0 saturated carbocycles. The van der Waals surface area contributed by atoms with E-state index in [1.807, 2.05) is 54.6 Å². The summed E-state index contributed by atoms with van der Waals surface area (Å²) in [5.74, 6) is 2.89. The van der Waals surface area contributed by atoms with Crippen molar-refractivity contribution in [3.63, 3.8) is 0 Å². The molecule has 2 N–H and O–H groups in total. The third kappa shape index (κ3) is 4.17. The third-order valence-electron chi connectivity index (χ3n) is 4.29. The molecule has 9 heteroatoms. The topological polar surface area (TPSA) is 68.0 Å². The summed E-state index contributed by atoms with van der Waals surface area (Å²) in [6.07, 6.45) is 0. The van der Waals surface area contributed by atoms with Gasteiger partial charge < -0.3 is 14.6 Å². The first kappa shape index (κ1) is 19.9. The summed E-state index contributed by atoms with van der Waals surface area (Å²) in [4.78, 5) is 0. The zero-order valence-corrected chi connectivity index (χ0v) is 19.3. The van der Waals surface area contributed by atoms with Crippen molar-refractivity contribution in [1.82, 2.24) is 14.9 Å². The maximum atomic E-state index is 6.01. The van der Waals surface area contributed by atoms with Gasteiger partial charge in [0.2, 0.25) is 4.77 Å². The Morgan fingerprint density at radius 1 is 1.14 bits per heavy atom. The fourth-order valence-electron chi connectivity index (χ4n) is 2.92. The lowest BCUT2D eigenvalue weighted by atomic mass is 10.2. The zero-order chi connectivity index (χ0) is 20.4. The highest BCUT2D eigenvalue weighted by Gasteiger charge is 2.14. The fraction of sp³-hybridized carbons (Fsp3) is 0.100. The summed E-state index contributed by atoms with van der Waals surface area (Å²) in [5.41, 5.74) is 5.07. The molecule has 2 heterocycles. The summed E-state index contributed by atoms with van der Waals surface area (Å²) in [5, 5.41) is 7.17. The van der Waals surface area contributed by atoms with Crippen molar-refractivity contribution >= 4 is 44.1 Å². The van der Waals surface area contributed by atoms with Gasteiger partial charge in [0.25, 0.3) is 0 Å². The lowest BCUT2D eigenvalue weighted by Gasteiger charge is -2.11. The van der Waals surface area contributed by atoms with Gasteiger partial charge in [-0.05, 0) is 70.6 Å². The number of para-hydroxylation sites is 1. The van der Waals surface area contributed by atoms with Crippen LogP contribution in [-0.4, -0.2) is 22.0 Å². The van der Waals surface area contributed by atoms with Crippen LogP contribution < -0.4 is 10.2 Å². The van der Waals surface area contributed by atoms with E-state index in [4.69, 9.17) is 21.4 Å². The van der Waals surface area contributed by atoms with E-state index in [9.17, 15) is 0 Å². The minimum Gasteiger partial charge on any atom is -0.496 e. The Labute approximate surface area is 189 Å². The van der Waals surface area contributed by atoms with Gasteiger partial charge >= 0.3 is 0 Å². The third-order valence-corrected chi connectivity index (χ3v) is 5.71. The highest BCUT2D eigenvalue weighted by atomic mass is 79.9. The van der Waals surface area contributed by atoms with Crippen LogP contribution in [0, 0.1) is 4.77 Å². The number of aromatic amines is 1. The zero-order valence-electron chi connectivity index (χ0n) is 15.3. The number of ether oxygens (including phenoxy) is 1. The first-order valence-electron chi connectivity index (χ1n) is 8.65. The van der Waals surface area contributed by atoms with Crippen molar-refractivity contribution < 1.29 is 9.15 Å². The summed E-state index contributed by atoms with van der Waals surface area (Å²) in [6, 6.07) is 17.5. The monoisotopic (exact) mass is 534 g/mol. The van der Waals surface area contributed by atoms with E-state index < -0.39 is 0 Å². The Balaban J connectivity index is 1.57. The van der Waals surface area contributed by atoms with E-state index in [0.717, 1.165) is 31.6 Å². The van der Waals surface area contributed by atoms with Crippen molar-refractivity contribution in [3.8, 4) is 28.5 Å². The molecule has 6 nitrogen and oxygen atoms in total. The maximum absolute atomic E-state index is 6.01. The molecule has 0 aliphatic heterocycles. The average Bonchev–Trinajstić information content (AvgIpc) is 3.33. The quantitative estimate of drug-likeness (QED) is 0.290. The number of H-pyrrole nitrogens is 1. The summed E-state index contributed by atoms with van der Waals surface area (Å²) < 4.78 is 15.6. The van der Waals surface area contributed by atoms with E-state index in [2.05, 4.69) is 47.5 Å². The summed E-state index contributed by atoms with van der Waals surface area (Å²) >= 11 is 12.4. The Morgan fingerprint density at radius 3 is 2.76 bits per heavy atom. The lowest BCUT2D eigenvalue weighted by Crippen LogP contribution is -2.15. The summed E-state index contributed by atoms with van der Waals surface area (Å²) in [7, 11) is 1.63. The van der Waals surface area contributed by atoms with E-state index in [0.29, 0.717) is 22.9 Å². The Bertz CT molecular complexity index is 1220. The second-order valence-corrected chi connectivity index (χ2v) is 8.27. The number of nitrogens with zero attached hydrogens (tertiary/aromatic N) is 2. The largest absolute Gasteiger partial charge is 0.496 e. The first-order chi connectivity index (χ1) is 14.1. The Morgan fingerprint density at radius 2 is 1.97 bits per heavy atom. The van der Waals surface area contributed by atoms with Gasteiger partial charge in [-0.25, -0.2) is 9.77 Å². The highest BCUT2D eigenvalue weighted by Crippen LogP contribution is 2.32. The van der Waals surface area contributed by atoms with Crippen LogP contribution in [0.2, 0.25) is 0 Å². The first-order valence-corrected chi connectivity index (χ1v) is 10.6. The predicted molar refractivity (Wildman–Crippen MR) is 122 cm³/mol. The molecule has 2 aromatic carbocycles. The number of hydrogen-bond acceptors (Lipinski definition) is 5. The second-order valence-electron chi connectivity index (χ2n) is 6.11. The molecule has 0 aliphatic carbocycles. The van der Waals surface area contributed by atoms with Crippen molar-refractivity contribution in [1.29, 1.82) is 0 Å². The standard InChI is InChI=1S/C20H16Br2N4O2S/c1-27-17-5-3-2-4-15(17)19-24-25-20(29)26(19)23-11-13-7-9-18(28-13)14-8-6-12(21)10-16(14)22/h2-10,23H,11H2,1H3,(H,25,29). The van der Waals surface area contributed by atoms with Gasteiger partial charge in [-0.15, -0.1) is 0 Å². The molecule has 0 fully saturated rings. The molecule has 0 unspecified atom stereocenters. The van der Waals surface area contributed by atoms with Crippen molar-refractivity contribution in [3.05, 3.63) is 74.1 Å². The summed E-state index contributed by atoms with van der Waals surface area (Å²) in [6.45, 7) is 0.435. The number of aromatic nitrogens is 3. The van der Waals surface area contributed by atoms with Gasteiger partial charge in [0.05, 0.1) is 19.2 Å². The van der Waals surface area contributed by atoms with Gasteiger partial charge in [-0.3, -0.25) is 0 Å². The molecule has 0 spiro atoms. The minimum absolute atomic E-state index is 0.435. The normalized spacial score (nSPS) is 10.9. The number of nitrogens with one attached hydrogen (secondary N) is 2. The van der Waals surface area contributed by atoms with Gasteiger partial charge in [0, 0.05) is 14.5 Å². The van der Waals surface area contributed by atoms with E-state index in [1.54, 1.807) is 11.8 Å². The van der Waals surface area contributed by atoms with Crippen LogP contribution in [-0.2, 0) is 6.54 Å². The molecule has 0 atom stereocenters. The minimum atomic E-state index is 0.435. The van der Waals surface area contributed by atoms with Crippen LogP contribution in [0.5, 0.6) is 5.75 Å². The van der Waals surface area contributed by atoms with Crippen LogP contribution >= 0.6 is 44.1 Å². The number of benzene rings is 2. The maximum Gasteiger partial charge on any atom is 0.214 e. The molecule has 2 aromatic heterocycles. The van der Waals surface area contributed by atoms with E-state index in [-0.39, 0.29) is 0 Å². The molecular weight excluding hydrogens is 520 g/mol. The van der Waals surface area contributed by atoms with Crippen LogP contribution in [0.4, 0.5) is 0 Å². The Hall–Kier alpha value is -2.36. The number of halogens is 2. The SMILES string of the molecule is COc1ccccc1-c1n[nH]c(=S)n1NCc1ccc(-c2ccc(Br)cc2Br)o1. The molecule has 4 rings (SSSR count). The van der Waals surface area contributed by atoms with E-state index in [1.165, 1.54) is 0 Å². The van der Waals surface area contributed by atoms with Gasteiger partial charge in [-0.1, -0.05) is 28.1 Å². The number of furan rings is 1. The van der Waals surface area contributed by atoms with Crippen LogP contribution in [0.25, 0.3) is 22.7 Å². The Kier molecular flexibility index (Phi) is 5.89. The second kappa shape index (κ2) is 8.56. The molecular formula is C20H16Br2N4O2S. The molecule has 29 heavy (non-hydrogen) atoms. The van der Waals surface area contributed by atoms with Crippen LogP contribution in [0.15, 0.2) is 68.0 Å². The van der Waals surface area contributed by atoms with Crippen molar-refractivity contribution in [2.24, 2.45) is 0 Å². The molecule has 0 saturated heterocycles. The predicted octanol–water partition coefficient (Wildman–Crippen LogP) is 6.14. The lowest BCUT2D eigenvalue weighted by molar-refractivity contribution is 0.416. The molecule has 148 valence electrons. The number of methoxy groups -OCH3 is 1. The molecule has 0 amide bonds. The van der Waals surface area contributed by atoms with Gasteiger partial charge in [-0.2, -0.15) is 5.10 Å². The highest BCUT2D eigenvalue weighted by molar-refractivity contribution is 9.11. The van der Waals surface area contributed by atoms with Crippen LogP contribution in [0.3, 0.4) is 0 Å². The number of rotatable bonds is 6. The van der Waals surface area contributed by atoms with Crippen molar-refractivity contribution in [2.75, 3.05) is 12.5 Å². The smallest absolute Gasteiger partial charge is 0.214 e. The van der Waals surface area contributed by atoms with Crippen LogP contribution in [0.1, 0.15) is 5.76 Å². The average molecular weight is 536 g/mol. The van der Waals surface area contributed by atoms with E-state index >= 15 is 0 Å². The molecule has 0 bridgehead atoms. The number of hydrogen-bond donors (Lipinski definition) is 2. The molecule has 0 aliphatic rings. The van der Waals surface area contributed by atoms with Gasteiger partial charge in [0.15, 0.2) is 5.82 Å². The fourth-order valence-corrected chi connectivity index (χ4v) is 4.36.